The second-order valence-electron chi connectivity index (χ2n) is 5.19. The number of anilines is 1. The average molecular weight is 255 g/mol. The van der Waals surface area contributed by atoms with Gasteiger partial charge in [0.2, 0.25) is 0 Å². The minimum absolute atomic E-state index is 0.255. The fourth-order valence-electron chi connectivity index (χ4n) is 2.15. The Morgan fingerprint density at radius 3 is 2.39 bits per heavy atom. The maximum Gasteiger partial charge on any atom is 0.293 e. The molecule has 0 aromatic carbocycles. The Labute approximate surface area is 106 Å². The molecule has 18 heavy (non-hydrogen) atoms. The van der Waals surface area contributed by atoms with Crippen LogP contribution >= 0.6 is 0 Å². The van der Waals surface area contributed by atoms with E-state index in [2.05, 4.69) is 15.3 Å². The normalized spacial score (nSPS) is 17.4. The quantitative estimate of drug-likeness (QED) is 0.893. The molecule has 100 valence electrons. The zero-order valence-corrected chi connectivity index (χ0v) is 10.8. The Balaban J connectivity index is 2.05. The molecule has 0 atom stereocenters. The van der Waals surface area contributed by atoms with Crippen LogP contribution in [0.3, 0.4) is 0 Å². The second-order valence-corrected chi connectivity index (χ2v) is 5.19. The Bertz CT molecular complexity index is 384. The molecule has 3 nitrogen and oxygen atoms in total. The maximum absolute atomic E-state index is 13.7. The summed E-state index contributed by atoms with van der Waals surface area (Å²) in [6.45, 7) is 2.96. The first-order valence-corrected chi connectivity index (χ1v) is 6.47. The van der Waals surface area contributed by atoms with E-state index in [0.717, 1.165) is 12.8 Å². The molecule has 0 bridgehead atoms. The zero-order valence-electron chi connectivity index (χ0n) is 10.8. The van der Waals surface area contributed by atoms with Gasteiger partial charge in [0, 0.05) is 12.0 Å². The molecule has 0 saturated heterocycles. The summed E-state index contributed by atoms with van der Waals surface area (Å²) in [4.78, 5) is 7.88. The monoisotopic (exact) mass is 255 g/mol. The number of nitrogens with zero attached hydrogens (tertiary/aromatic N) is 2. The smallest absolute Gasteiger partial charge is 0.293 e. The minimum atomic E-state index is -2.92. The highest BCUT2D eigenvalue weighted by Gasteiger charge is 2.37. The fraction of sp³-hybridized carbons (Fsp3) is 0.692. The fourth-order valence-corrected chi connectivity index (χ4v) is 2.15. The number of hydrogen-bond donors (Lipinski definition) is 1. The third-order valence-electron chi connectivity index (χ3n) is 3.43. The Hall–Kier alpha value is -1.26. The van der Waals surface area contributed by atoms with E-state index in [0.29, 0.717) is 11.9 Å². The first kappa shape index (κ1) is 13.2. The molecular weight excluding hydrogens is 236 g/mol. The summed E-state index contributed by atoms with van der Waals surface area (Å²) in [6, 6.07) is 0.413. The van der Waals surface area contributed by atoms with Crippen molar-refractivity contribution < 1.29 is 8.78 Å². The molecule has 1 heterocycles. The number of nitrogens with one attached hydrogen (secondary N) is 1. The minimum Gasteiger partial charge on any atom is -0.366 e. The highest BCUT2D eigenvalue weighted by Crippen LogP contribution is 2.34. The van der Waals surface area contributed by atoms with Gasteiger partial charge in [0.1, 0.15) is 11.5 Å². The summed E-state index contributed by atoms with van der Waals surface area (Å²) < 4.78 is 27.4. The van der Waals surface area contributed by atoms with Crippen LogP contribution in [0.1, 0.15) is 45.2 Å². The lowest BCUT2D eigenvalue weighted by atomic mass is 10.0. The number of alkyl halides is 2. The van der Waals surface area contributed by atoms with Gasteiger partial charge in [-0.1, -0.05) is 26.7 Å². The highest BCUT2D eigenvalue weighted by atomic mass is 19.3. The molecule has 5 heteroatoms. The predicted octanol–water partition coefficient (Wildman–Crippen LogP) is 3.58. The van der Waals surface area contributed by atoms with E-state index in [1.807, 2.05) is 0 Å². The van der Waals surface area contributed by atoms with Gasteiger partial charge in [-0.2, -0.15) is 8.78 Å². The number of aromatic nitrogens is 2. The van der Waals surface area contributed by atoms with E-state index in [-0.39, 0.29) is 5.69 Å². The molecule has 1 aliphatic rings. The van der Waals surface area contributed by atoms with Crippen molar-refractivity contribution in [3.63, 3.8) is 0 Å². The van der Waals surface area contributed by atoms with E-state index in [1.165, 1.54) is 39.1 Å². The molecule has 0 spiro atoms. The van der Waals surface area contributed by atoms with Gasteiger partial charge in [0.25, 0.3) is 5.92 Å². The molecule has 2 rings (SSSR count). The van der Waals surface area contributed by atoms with Gasteiger partial charge >= 0.3 is 0 Å². The zero-order chi connectivity index (χ0) is 13.2. The Morgan fingerprint density at radius 2 is 1.89 bits per heavy atom. The molecular formula is C13H19F2N3. The number of rotatable bonds is 4. The van der Waals surface area contributed by atoms with Gasteiger partial charge in [-0.3, -0.25) is 0 Å². The van der Waals surface area contributed by atoms with Gasteiger partial charge in [0.15, 0.2) is 0 Å². The van der Waals surface area contributed by atoms with Crippen LogP contribution in [-0.4, -0.2) is 16.0 Å². The first-order chi connectivity index (χ1) is 8.50. The molecule has 0 aliphatic heterocycles. The van der Waals surface area contributed by atoms with E-state index in [1.54, 1.807) is 0 Å². The SMILES string of the molecule is CC(C)C(F)(F)c1cnc(NC2CCCC2)cn1. The predicted molar refractivity (Wildman–Crippen MR) is 66.6 cm³/mol. The van der Waals surface area contributed by atoms with Crippen LogP contribution in [0.2, 0.25) is 0 Å². The van der Waals surface area contributed by atoms with Crippen LogP contribution in [0, 0.1) is 5.92 Å². The van der Waals surface area contributed by atoms with Crippen molar-refractivity contribution in [2.24, 2.45) is 5.92 Å². The third kappa shape index (κ3) is 2.76. The van der Waals surface area contributed by atoms with Crippen molar-refractivity contribution in [3.8, 4) is 0 Å². The summed E-state index contributed by atoms with van der Waals surface area (Å²) in [5.74, 6) is -3.11. The van der Waals surface area contributed by atoms with E-state index in [9.17, 15) is 8.78 Å². The Kier molecular flexibility index (Phi) is 3.78. The van der Waals surface area contributed by atoms with Gasteiger partial charge in [0.05, 0.1) is 12.4 Å². The topological polar surface area (TPSA) is 37.8 Å². The average Bonchev–Trinajstić information content (AvgIpc) is 2.82. The number of hydrogen-bond acceptors (Lipinski definition) is 3. The molecule has 1 fully saturated rings. The van der Waals surface area contributed by atoms with Crippen LogP contribution in [-0.2, 0) is 5.92 Å². The van der Waals surface area contributed by atoms with Gasteiger partial charge in [-0.25, -0.2) is 9.97 Å². The van der Waals surface area contributed by atoms with Crippen molar-refractivity contribution in [1.82, 2.24) is 9.97 Å². The molecule has 1 aliphatic carbocycles. The number of halogens is 2. The lowest BCUT2D eigenvalue weighted by Gasteiger charge is -2.19. The van der Waals surface area contributed by atoms with Crippen LogP contribution in [0.15, 0.2) is 12.4 Å². The summed E-state index contributed by atoms with van der Waals surface area (Å²) in [5.41, 5.74) is -0.255. The third-order valence-corrected chi connectivity index (χ3v) is 3.43. The van der Waals surface area contributed by atoms with Crippen LogP contribution < -0.4 is 5.32 Å². The molecule has 1 N–H and O–H groups in total. The van der Waals surface area contributed by atoms with E-state index < -0.39 is 11.8 Å². The van der Waals surface area contributed by atoms with Crippen LogP contribution in [0.25, 0.3) is 0 Å². The largest absolute Gasteiger partial charge is 0.366 e. The van der Waals surface area contributed by atoms with Gasteiger partial charge in [-0.15, -0.1) is 0 Å². The summed E-state index contributed by atoms with van der Waals surface area (Å²) in [7, 11) is 0. The molecule has 1 saturated carbocycles. The summed E-state index contributed by atoms with van der Waals surface area (Å²) >= 11 is 0. The summed E-state index contributed by atoms with van der Waals surface area (Å²) in [5, 5.41) is 3.23. The van der Waals surface area contributed by atoms with E-state index in [4.69, 9.17) is 0 Å². The maximum atomic E-state index is 13.7. The van der Waals surface area contributed by atoms with Gasteiger partial charge in [-0.05, 0) is 12.8 Å². The molecule has 0 unspecified atom stereocenters. The Morgan fingerprint density at radius 1 is 1.22 bits per heavy atom. The van der Waals surface area contributed by atoms with Crippen molar-refractivity contribution in [2.75, 3.05) is 5.32 Å². The standard InChI is InChI=1S/C13H19F2N3/c1-9(2)13(14,15)11-7-17-12(8-16-11)18-10-5-3-4-6-10/h7-10H,3-6H2,1-2H3,(H,17,18). The highest BCUT2D eigenvalue weighted by molar-refractivity contribution is 5.33. The van der Waals surface area contributed by atoms with Crippen molar-refractivity contribution in [2.45, 2.75) is 51.5 Å². The lowest BCUT2D eigenvalue weighted by Crippen LogP contribution is -2.23. The molecule has 1 aromatic heterocycles. The molecule has 0 radical (unpaired) electrons. The molecule has 1 aromatic rings. The van der Waals surface area contributed by atoms with Crippen molar-refractivity contribution >= 4 is 5.82 Å². The first-order valence-electron chi connectivity index (χ1n) is 6.47. The van der Waals surface area contributed by atoms with Gasteiger partial charge < -0.3 is 5.32 Å². The molecule has 0 amide bonds. The van der Waals surface area contributed by atoms with E-state index >= 15 is 0 Å². The lowest BCUT2D eigenvalue weighted by molar-refractivity contribution is -0.0557. The van der Waals surface area contributed by atoms with Crippen molar-refractivity contribution in [3.05, 3.63) is 18.1 Å². The van der Waals surface area contributed by atoms with Crippen molar-refractivity contribution in [1.29, 1.82) is 0 Å². The second kappa shape index (κ2) is 5.16. The summed E-state index contributed by atoms with van der Waals surface area (Å²) in [6.07, 6.45) is 7.25. The van der Waals surface area contributed by atoms with Crippen LogP contribution in [0.4, 0.5) is 14.6 Å². The van der Waals surface area contributed by atoms with Crippen LogP contribution in [0.5, 0.6) is 0 Å².